The number of hydrogen-bond acceptors (Lipinski definition) is 3. The zero-order valence-corrected chi connectivity index (χ0v) is 7.71. The zero-order valence-electron chi connectivity index (χ0n) is 6.90. The molecule has 0 aliphatic rings. The van der Waals surface area contributed by atoms with E-state index < -0.39 is 10.0 Å². The number of benzene rings is 1. The Morgan fingerprint density at radius 3 is 2.77 bits per heavy atom. The lowest BCUT2D eigenvalue weighted by molar-refractivity contribution is 0.299. The van der Waals surface area contributed by atoms with Crippen LogP contribution in [0.3, 0.4) is 0 Å². The average molecular weight is 200 g/mol. The molecule has 0 unspecified atom stereocenters. The average Bonchev–Trinajstić information content (AvgIpc) is 2.04. The van der Waals surface area contributed by atoms with Crippen LogP contribution in [0.15, 0.2) is 23.1 Å². The Morgan fingerprint density at radius 2 is 2.23 bits per heavy atom. The van der Waals surface area contributed by atoms with E-state index >= 15 is 0 Å². The summed E-state index contributed by atoms with van der Waals surface area (Å²) in [7, 11) is -3.68. The van der Waals surface area contributed by atoms with E-state index in [9.17, 15) is 8.42 Å². The molecule has 0 bridgehead atoms. The lowest BCUT2D eigenvalue weighted by Gasteiger charge is -2.00. The second kappa shape index (κ2) is 3.87. The minimum Gasteiger partial charge on any atom is -0.396 e. The van der Waals surface area contributed by atoms with Gasteiger partial charge in [0.25, 0.3) is 0 Å². The van der Waals surface area contributed by atoms with Crippen LogP contribution < -0.4 is 5.14 Å². The van der Waals surface area contributed by atoms with Crippen molar-refractivity contribution in [3.05, 3.63) is 29.8 Å². The topological polar surface area (TPSA) is 80.4 Å². The molecule has 1 radical (unpaired) electrons. The maximum absolute atomic E-state index is 10.9. The number of sulfonamides is 1. The molecule has 0 aliphatic heterocycles. The molecule has 0 heterocycles. The molecule has 3 N–H and O–H groups in total. The van der Waals surface area contributed by atoms with E-state index in [0.717, 1.165) is 5.56 Å². The number of rotatable bonds is 3. The Labute approximate surface area is 77.1 Å². The second-order valence-corrected chi connectivity index (χ2v) is 4.11. The van der Waals surface area contributed by atoms with Crippen LogP contribution in [0, 0.1) is 6.07 Å². The standard InChI is InChI=1S/C8H10NO3S/c9-13(11,12)8-3-1-2-7(6-8)4-5-10/h1-2,6,10H,4-5H2,(H2,9,11,12). The van der Waals surface area contributed by atoms with Gasteiger partial charge in [0.1, 0.15) is 0 Å². The Bertz CT molecular complexity index is 386. The minimum absolute atomic E-state index is 0.0198. The smallest absolute Gasteiger partial charge is 0.238 e. The van der Waals surface area contributed by atoms with Crippen LogP contribution in [0.4, 0.5) is 0 Å². The molecule has 0 spiro atoms. The second-order valence-electron chi connectivity index (χ2n) is 2.58. The number of aliphatic hydroxyl groups is 1. The predicted molar refractivity (Wildman–Crippen MR) is 47.4 cm³/mol. The fourth-order valence-electron chi connectivity index (χ4n) is 0.938. The molecule has 1 aromatic rings. The van der Waals surface area contributed by atoms with E-state index in [0.29, 0.717) is 6.42 Å². The van der Waals surface area contributed by atoms with Crippen LogP contribution in [0.2, 0.25) is 0 Å². The summed E-state index contributed by atoms with van der Waals surface area (Å²) in [5, 5.41) is 13.5. The normalized spacial score (nSPS) is 11.5. The molecule has 0 saturated heterocycles. The molecule has 1 aromatic carbocycles. The SMILES string of the molecule is NS(=O)(=O)c1[c]ccc(CCO)c1. The molecule has 0 amide bonds. The van der Waals surface area contributed by atoms with Crippen molar-refractivity contribution in [1.29, 1.82) is 0 Å². The Morgan fingerprint density at radius 1 is 1.54 bits per heavy atom. The summed E-state index contributed by atoms with van der Waals surface area (Å²) in [6, 6.07) is 7.08. The van der Waals surface area contributed by atoms with Gasteiger partial charge in [0.05, 0.1) is 4.90 Å². The number of hydrogen-bond donors (Lipinski definition) is 2. The number of nitrogens with two attached hydrogens (primary N) is 1. The van der Waals surface area contributed by atoms with Gasteiger partial charge >= 0.3 is 0 Å². The van der Waals surface area contributed by atoms with Gasteiger partial charge in [0.15, 0.2) is 0 Å². The van der Waals surface area contributed by atoms with Gasteiger partial charge in [-0.2, -0.15) is 0 Å². The fourth-order valence-corrected chi connectivity index (χ4v) is 1.49. The lowest BCUT2D eigenvalue weighted by Crippen LogP contribution is -2.12. The number of aliphatic hydroxyl groups excluding tert-OH is 1. The molecule has 13 heavy (non-hydrogen) atoms. The monoisotopic (exact) mass is 200 g/mol. The summed E-state index contributed by atoms with van der Waals surface area (Å²) in [5.74, 6) is 0. The first-order valence-corrected chi connectivity index (χ1v) is 5.23. The summed E-state index contributed by atoms with van der Waals surface area (Å²) in [6.07, 6.45) is 0.414. The van der Waals surface area contributed by atoms with Crippen molar-refractivity contribution in [3.63, 3.8) is 0 Å². The molecule has 0 fully saturated rings. The van der Waals surface area contributed by atoms with Crippen LogP contribution >= 0.6 is 0 Å². The van der Waals surface area contributed by atoms with Gasteiger partial charge in [-0.05, 0) is 18.1 Å². The summed E-state index contributed by atoms with van der Waals surface area (Å²) in [5.41, 5.74) is 0.727. The Kier molecular flexibility index (Phi) is 3.02. The van der Waals surface area contributed by atoms with E-state index in [2.05, 4.69) is 6.07 Å². The fraction of sp³-hybridized carbons (Fsp3) is 0.250. The maximum Gasteiger partial charge on any atom is 0.238 e. The molecular formula is C8H10NO3S. The molecular weight excluding hydrogens is 190 g/mol. The summed E-state index contributed by atoms with van der Waals surface area (Å²) in [4.78, 5) is -0.0431. The predicted octanol–water partition coefficient (Wildman–Crippen LogP) is -0.331. The zero-order chi connectivity index (χ0) is 9.90. The summed E-state index contributed by atoms with van der Waals surface area (Å²) >= 11 is 0. The molecule has 0 atom stereocenters. The van der Waals surface area contributed by atoms with Crippen LogP contribution in [0.1, 0.15) is 5.56 Å². The van der Waals surface area contributed by atoms with E-state index in [4.69, 9.17) is 10.2 Å². The van der Waals surface area contributed by atoms with E-state index in [1.165, 1.54) is 12.1 Å². The van der Waals surface area contributed by atoms with E-state index in [1.54, 1.807) is 6.07 Å². The molecule has 0 saturated carbocycles. The van der Waals surface area contributed by atoms with Crippen molar-refractivity contribution in [2.45, 2.75) is 11.3 Å². The van der Waals surface area contributed by atoms with Gasteiger partial charge in [-0.25, -0.2) is 13.6 Å². The van der Waals surface area contributed by atoms with E-state index in [1.807, 2.05) is 0 Å². The highest BCUT2D eigenvalue weighted by atomic mass is 32.2. The first-order valence-electron chi connectivity index (χ1n) is 3.68. The van der Waals surface area contributed by atoms with Crippen molar-refractivity contribution in [2.24, 2.45) is 5.14 Å². The van der Waals surface area contributed by atoms with Gasteiger partial charge in [-0.1, -0.05) is 12.1 Å². The lowest BCUT2D eigenvalue weighted by atomic mass is 10.2. The highest BCUT2D eigenvalue weighted by Gasteiger charge is 2.07. The molecule has 4 nitrogen and oxygen atoms in total. The van der Waals surface area contributed by atoms with Crippen LogP contribution in [0.25, 0.3) is 0 Å². The molecule has 5 heteroatoms. The third-order valence-corrected chi connectivity index (χ3v) is 2.40. The van der Waals surface area contributed by atoms with Gasteiger partial charge in [-0.3, -0.25) is 0 Å². The van der Waals surface area contributed by atoms with Crippen LogP contribution in [-0.2, 0) is 16.4 Å². The minimum atomic E-state index is -3.68. The molecule has 1 rings (SSSR count). The van der Waals surface area contributed by atoms with Gasteiger partial charge in [-0.15, -0.1) is 0 Å². The third kappa shape index (κ3) is 2.80. The number of primary sulfonamides is 1. The first kappa shape index (κ1) is 10.2. The van der Waals surface area contributed by atoms with Crippen molar-refractivity contribution in [3.8, 4) is 0 Å². The molecule has 0 aromatic heterocycles. The summed E-state index contributed by atoms with van der Waals surface area (Å²) in [6.45, 7) is -0.0198. The largest absolute Gasteiger partial charge is 0.396 e. The van der Waals surface area contributed by atoms with Crippen LogP contribution in [0.5, 0.6) is 0 Å². The van der Waals surface area contributed by atoms with Crippen molar-refractivity contribution in [2.75, 3.05) is 6.61 Å². The molecule has 71 valence electrons. The third-order valence-electron chi connectivity index (χ3n) is 1.55. The van der Waals surface area contributed by atoms with Gasteiger partial charge in [0.2, 0.25) is 10.0 Å². The van der Waals surface area contributed by atoms with E-state index in [-0.39, 0.29) is 11.5 Å². The Balaban J connectivity index is 3.06. The van der Waals surface area contributed by atoms with Gasteiger partial charge < -0.3 is 5.11 Å². The quantitative estimate of drug-likeness (QED) is 0.701. The van der Waals surface area contributed by atoms with Crippen molar-refractivity contribution in [1.82, 2.24) is 0 Å². The summed E-state index contributed by atoms with van der Waals surface area (Å²) < 4.78 is 21.7. The highest BCUT2D eigenvalue weighted by molar-refractivity contribution is 7.89. The van der Waals surface area contributed by atoms with Crippen molar-refractivity contribution < 1.29 is 13.5 Å². The van der Waals surface area contributed by atoms with Crippen LogP contribution in [-0.4, -0.2) is 20.1 Å². The molecule has 0 aliphatic carbocycles. The highest BCUT2D eigenvalue weighted by Crippen LogP contribution is 2.08. The van der Waals surface area contributed by atoms with Crippen molar-refractivity contribution >= 4 is 10.0 Å². The first-order chi connectivity index (χ1) is 6.04. The van der Waals surface area contributed by atoms with Gasteiger partial charge in [0, 0.05) is 12.7 Å². The Hall–Kier alpha value is -0.910. The maximum atomic E-state index is 10.9.